The van der Waals surface area contributed by atoms with Gasteiger partial charge in [-0.15, -0.1) is 11.3 Å². The third-order valence-electron chi connectivity index (χ3n) is 9.47. The molecule has 5 atom stereocenters. The van der Waals surface area contributed by atoms with Gasteiger partial charge in [0.1, 0.15) is 10.3 Å². The Kier molecular flexibility index (Phi) is 13.0. The number of ether oxygens (including phenoxy) is 1. The quantitative estimate of drug-likeness (QED) is 0.0373. The Labute approximate surface area is 279 Å². The van der Waals surface area contributed by atoms with Gasteiger partial charge in [0, 0.05) is 35.3 Å². The summed E-state index contributed by atoms with van der Waals surface area (Å²) >= 11 is -1.41. The van der Waals surface area contributed by atoms with E-state index in [1.807, 2.05) is 88.4 Å². The van der Waals surface area contributed by atoms with Crippen LogP contribution in [0.3, 0.4) is 0 Å². The minimum absolute atomic E-state index is 0.145. The summed E-state index contributed by atoms with van der Waals surface area (Å²) in [6.07, 6.45) is 4.39. The predicted molar refractivity (Wildman–Crippen MR) is 191 cm³/mol. The van der Waals surface area contributed by atoms with Gasteiger partial charge in [-0.2, -0.15) is 0 Å². The number of nitrogens with zero attached hydrogens (tertiary/aromatic N) is 4. The molecule has 2 N–H and O–H groups in total. The SMILES string of the molecule is C=CC[C@@H](N[S+]([O-])C(C)(C)C)[C@H]1N(CCCCN=[N+]=[N-])C(=O)O[C@]1(C)[C@@H](CC)CC(C)(C)[Si](O)(c1ccccc1)c1ccccc1. The van der Waals surface area contributed by atoms with Gasteiger partial charge in [0.05, 0.1) is 12.1 Å². The molecule has 1 fully saturated rings. The number of cyclic esters (lactones) is 1. The van der Waals surface area contributed by atoms with Crippen LogP contribution in [0.15, 0.2) is 78.4 Å². The maximum atomic E-state index is 13.8. The van der Waals surface area contributed by atoms with Crippen molar-refractivity contribution in [1.29, 1.82) is 0 Å². The van der Waals surface area contributed by atoms with Gasteiger partial charge in [-0.1, -0.05) is 92.6 Å². The highest BCUT2D eigenvalue weighted by molar-refractivity contribution is 7.90. The summed E-state index contributed by atoms with van der Waals surface area (Å²) < 4.78 is 22.8. The van der Waals surface area contributed by atoms with Gasteiger partial charge in [-0.25, -0.2) is 4.79 Å². The Morgan fingerprint density at radius 1 is 1.15 bits per heavy atom. The second kappa shape index (κ2) is 15.9. The Balaban J connectivity index is 2.10. The van der Waals surface area contributed by atoms with Crippen molar-refractivity contribution in [2.45, 2.75) is 108 Å². The van der Waals surface area contributed by atoms with Crippen LogP contribution in [0.4, 0.5) is 4.79 Å². The molecule has 1 saturated heterocycles. The van der Waals surface area contributed by atoms with Crippen molar-refractivity contribution in [3.05, 3.63) is 83.8 Å². The number of hydrogen-bond acceptors (Lipinski definition) is 6. The van der Waals surface area contributed by atoms with E-state index in [9.17, 15) is 14.1 Å². The van der Waals surface area contributed by atoms with Gasteiger partial charge < -0.3 is 14.1 Å². The van der Waals surface area contributed by atoms with Crippen LogP contribution in [0.25, 0.3) is 10.4 Å². The van der Waals surface area contributed by atoms with Crippen LogP contribution < -0.4 is 15.1 Å². The van der Waals surface area contributed by atoms with Crippen molar-refractivity contribution in [3.63, 3.8) is 0 Å². The Hall–Kier alpha value is -2.79. The highest BCUT2D eigenvalue weighted by Gasteiger charge is 2.60. The predicted octanol–water partition coefficient (Wildman–Crippen LogP) is 6.60. The van der Waals surface area contributed by atoms with E-state index in [1.54, 1.807) is 11.0 Å². The molecule has 1 aliphatic rings. The number of azide groups is 1. The lowest BCUT2D eigenvalue weighted by Gasteiger charge is -2.47. The molecule has 0 aliphatic carbocycles. The first-order valence-corrected chi connectivity index (χ1v) is 19.4. The number of nitrogens with one attached hydrogen (secondary N) is 1. The first-order chi connectivity index (χ1) is 21.7. The van der Waals surface area contributed by atoms with Crippen LogP contribution in [-0.2, 0) is 16.1 Å². The summed E-state index contributed by atoms with van der Waals surface area (Å²) in [7, 11) is -3.35. The van der Waals surface area contributed by atoms with E-state index in [-0.39, 0.29) is 5.92 Å². The third kappa shape index (κ3) is 8.19. The molecule has 1 aliphatic heterocycles. The van der Waals surface area contributed by atoms with Crippen LogP contribution in [0.2, 0.25) is 5.04 Å². The average molecular weight is 668 g/mol. The molecule has 11 heteroatoms. The zero-order valence-corrected chi connectivity index (χ0v) is 30.4. The molecular formula is C35H53N5O4SSi. The molecule has 1 unspecified atom stereocenters. The monoisotopic (exact) mass is 667 g/mol. The molecule has 0 bridgehead atoms. The molecular weight excluding hydrogens is 615 g/mol. The first kappa shape index (κ1) is 37.7. The molecule has 252 valence electrons. The fourth-order valence-corrected chi connectivity index (χ4v) is 11.6. The number of hydrogen-bond donors (Lipinski definition) is 2. The van der Waals surface area contributed by atoms with Crippen molar-refractivity contribution in [2.75, 3.05) is 13.1 Å². The molecule has 9 nitrogen and oxygen atoms in total. The zero-order chi connectivity index (χ0) is 34.2. The highest BCUT2D eigenvalue weighted by atomic mass is 32.2. The highest BCUT2D eigenvalue weighted by Crippen LogP contribution is 2.49. The number of unbranched alkanes of at least 4 members (excludes halogenated alkanes) is 1. The van der Waals surface area contributed by atoms with E-state index in [0.717, 1.165) is 10.4 Å². The minimum atomic E-state index is -3.35. The molecule has 3 rings (SSSR count). The van der Waals surface area contributed by atoms with Gasteiger partial charge in [0.15, 0.2) is 0 Å². The Morgan fingerprint density at radius 3 is 2.20 bits per heavy atom. The molecule has 1 amide bonds. The van der Waals surface area contributed by atoms with Crippen molar-refractivity contribution in [1.82, 2.24) is 9.62 Å². The lowest BCUT2D eigenvalue weighted by molar-refractivity contribution is -0.0196. The number of amides is 1. The summed E-state index contributed by atoms with van der Waals surface area (Å²) in [5.74, 6) is -0.145. The molecule has 1 heterocycles. The van der Waals surface area contributed by atoms with E-state index in [0.29, 0.717) is 45.2 Å². The maximum Gasteiger partial charge on any atom is 0.410 e. The van der Waals surface area contributed by atoms with E-state index in [4.69, 9.17) is 10.3 Å². The summed E-state index contributed by atoms with van der Waals surface area (Å²) in [5.41, 5.74) is 7.73. The normalized spacial score (nSPS) is 20.8. The van der Waals surface area contributed by atoms with E-state index in [2.05, 4.69) is 42.1 Å². The van der Waals surface area contributed by atoms with Crippen molar-refractivity contribution in [2.24, 2.45) is 11.0 Å². The standard InChI is InChI=1S/C35H53N5O4SSi/c1-9-19-30(38-45(42)33(3,4)5)31-35(8,44-32(41)40(31)25-18-17-24-37-39-36)27(10-2)26-34(6,7)46(43,28-20-13-11-14-21-28)29-22-15-12-16-23-29/h9,11-16,20-23,27,30-31,38,43H,1,10,17-19,24-26H2,2-8H3/t27-,30+,31+,35+,45?/m0/s1. The first-order valence-electron chi connectivity index (χ1n) is 16.3. The summed E-state index contributed by atoms with van der Waals surface area (Å²) in [4.78, 5) is 31.3. The molecule has 0 spiro atoms. The van der Waals surface area contributed by atoms with E-state index in [1.165, 1.54) is 0 Å². The van der Waals surface area contributed by atoms with Gasteiger partial charge >= 0.3 is 6.09 Å². The van der Waals surface area contributed by atoms with E-state index >= 15 is 0 Å². The summed E-state index contributed by atoms with van der Waals surface area (Å²) in [6, 6.07) is 19.0. The van der Waals surface area contributed by atoms with Crippen LogP contribution in [-0.4, -0.2) is 64.2 Å². The molecule has 2 aromatic carbocycles. The topological polar surface area (TPSA) is 134 Å². The minimum Gasteiger partial charge on any atom is -0.598 e. The molecule has 0 radical (unpaired) electrons. The van der Waals surface area contributed by atoms with Gasteiger partial charge in [-0.05, 0) is 80.7 Å². The number of carbonyl (C=O) groups excluding carboxylic acids is 1. The van der Waals surface area contributed by atoms with Crippen molar-refractivity contribution < 1.29 is 18.9 Å². The average Bonchev–Trinajstić information content (AvgIpc) is 3.28. The second-order valence-electron chi connectivity index (χ2n) is 14.1. The molecule has 0 saturated carbocycles. The molecule has 46 heavy (non-hydrogen) atoms. The number of benzene rings is 2. The largest absolute Gasteiger partial charge is 0.598 e. The summed E-state index contributed by atoms with van der Waals surface area (Å²) in [5, 5.41) is 4.93. The second-order valence-corrected chi connectivity index (χ2v) is 20.0. The van der Waals surface area contributed by atoms with Crippen LogP contribution in [0.1, 0.15) is 80.6 Å². The number of rotatable bonds is 17. The lowest BCUT2D eigenvalue weighted by Crippen LogP contribution is -2.66. The Morgan fingerprint density at radius 2 is 1.72 bits per heavy atom. The van der Waals surface area contributed by atoms with Crippen LogP contribution >= 0.6 is 0 Å². The maximum absolute atomic E-state index is 13.8. The van der Waals surface area contributed by atoms with Crippen molar-refractivity contribution >= 4 is 36.1 Å². The summed E-state index contributed by atoms with van der Waals surface area (Å²) in [6.45, 7) is 18.9. The fourth-order valence-electron chi connectivity index (χ4n) is 6.97. The van der Waals surface area contributed by atoms with Crippen LogP contribution in [0, 0.1) is 5.92 Å². The van der Waals surface area contributed by atoms with Gasteiger partial charge in [-0.3, -0.25) is 4.90 Å². The van der Waals surface area contributed by atoms with E-state index < -0.39 is 53.2 Å². The van der Waals surface area contributed by atoms with Crippen molar-refractivity contribution in [3.8, 4) is 0 Å². The van der Waals surface area contributed by atoms with Gasteiger partial charge in [0.25, 0.3) is 8.32 Å². The molecule has 2 aromatic rings. The fraction of sp³-hybridized carbons (Fsp3) is 0.571. The third-order valence-corrected chi connectivity index (χ3v) is 15.6. The number of carbonyl (C=O) groups is 1. The zero-order valence-electron chi connectivity index (χ0n) is 28.6. The Bertz CT molecular complexity index is 1300. The van der Waals surface area contributed by atoms with Crippen LogP contribution in [0.5, 0.6) is 0 Å². The van der Waals surface area contributed by atoms with Gasteiger partial charge in [0.2, 0.25) is 0 Å². The molecule has 0 aromatic heterocycles. The smallest absolute Gasteiger partial charge is 0.410 e. The lowest BCUT2D eigenvalue weighted by atomic mass is 9.74.